The van der Waals surface area contributed by atoms with Gasteiger partial charge in [0.15, 0.2) is 6.61 Å². The molecule has 0 radical (unpaired) electrons. The highest BCUT2D eigenvalue weighted by Crippen LogP contribution is 2.29. The number of fused-ring (bicyclic) bond motifs is 1. The first-order valence-corrected chi connectivity index (χ1v) is 9.27. The summed E-state index contributed by atoms with van der Waals surface area (Å²) < 4.78 is 5.04. The first kappa shape index (κ1) is 17.4. The van der Waals surface area contributed by atoms with Crippen molar-refractivity contribution >= 4 is 29.3 Å². The summed E-state index contributed by atoms with van der Waals surface area (Å²) in [6, 6.07) is 10.2. The van der Waals surface area contributed by atoms with Crippen LogP contribution in [0.15, 0.2) is 41.8 Å². The summed E-state index contributed by atoms with van der Waals surface area (Å²) in [6.45, 7) is 1.72. The van der Waals surface area contributed by atoms with Gasteiger partial charge in [0.1, 0.15) is 0 Å². The van der Waals surface area contributed by atoms with Crippen molar-refractivity contribution in [2.24, 2.45) is 0 Å². The monoisotopic (exact) mass is 355 g/mol. The Balaban J connectivity index is 1.49. The molecule has 25 heavy (non-hydrogen) atoms. The van der Waals surface area contributed by atoms with Gasteiger partial charge in [0, 0.05) is 11.0 Å². The smallest absolute Gasteiger partial charge is 0.331 e. The molecule has 1 heterocycles. The number of hydrogen-bond acceptors (Lipinski definition) is 4. The summed E-state index contributed by atoms with van der Waals surface area (Å²) in [5.74, 6) is -0.775. The normalized spacial score (nSPS) is 16.4. The Hall–Kier alpha value is -2.40. The fourth-order valence-electron chi connectivity index (χ4n) is 3.02. The Morgan fingerprint density at radius 2 is 2.16 bits per heavy atom. The van der Waals surface area contributed by atoms with E-state index in [0.29, 0.717) is 0 Å². The van der Waals surface area contributed by atoms with Crippen molar-refractivity contribution in [3.8, 4) is 0 Å². The Bertz CT molecular complexity index is 794. The molecule has 5 heteroatoms. The van der Waals surface area contributed by atoms with Crippen LogP contribution in [-0.2, 0) is 20.7 Å². The topological polar surface area (TPSA) is 55.4 Å². The lowest BCUT2D eigenvalue weighted by molar-refractivity contribution is -0.144. The maximum Gasteiger partial charge on any atom is 0.331 e. The van der Waals surface area contributed by atoms with Crippen molar-refractivity contribution in [1.29, 1.82) is 0 Å². The highest BCUT2D eigenvalue weighted by molar-refractivity contribution is 7.11. The van der Waals surface area contributed by atoms with E-state index < -0.39 is 5.97 Å². The zero-order valence-corrected chi connectivity index (χ0v) is 15.0. The van der Waals surface area contributed by atoms with Crippen LogP contribution in [0.3, 0.4) is 0 Å². The number of carbonyl (C=O) groups excluding carboxylic acids is 2. The number of amides is 1. The van der Waals surface area contributed by atoms with Crippen molar-refractivity contribution < 1.29 is 14.3 Å². The molecule has 1 aliphatic rings. The van der Waals surface area contributed by atoms with Crippen LogP contribution in [0.2, 0.25) is 0 Å². The van der Waals surface area contributed by atoms with Crippen LogP contribution in [0, 0.1) is 6.92 Å². The first-order valence-electron chi connectivity index (χ1n) is 8.39. The number of esters is 1. The lowest BCUT2D eigenvalue weighted by Crippen LogP contribution is -2.34. The van der Waals surface area contributed by atoms with Gasteiger partial charge in [0.05, 0.1) is 6.04 Å². The van der Waals surface area contributed by atoms with Crippen LogP contribution in [-0.4, -0.2) is 18.5 Å². The van der Waals surface area contributed by atoms with E-state index in [4.69, 9.17) is 4.74 Å². The second-order valence-corrected chi connectivity index (χ2v) is 7.07. The molecule has 0 fully saturated rings. The molecule has 0 unspecified atom stereocenters. The Morgan fingerprint density at radius 1 is 1.32 bits per heavy atom. The van der Waals surface area contributed by atoms with E-state index in [1.807, 2.05) is 30.5 Å². The van der Waals surface area contributed by atoms with Gasteiger partial charge >= 0.3 is 5.97 Å². The van der Waals surface area contributed by atoms with Crippen molar-refractivity contribution in [2.45, 2.75) is 32.2 Å². The van der Waals surface area contributed by atoms with E-state index in [1.54, 1.807) is 17.4 Å². The molecule has 1 aliphatic carbocycles. The molecule has 1 amide bonds. The highest BCUT2D eigenvalue weighted by atomic mass is 32.1. The van der Waals surface area contributed by atoms with Crippen molar-refractivity contribution in [2.75, 3.05) is 6.61 Å². The average Bonchev–Trinajstić information content (AvgIpc) is 3.03. The minimum Gasteiger partial charge on any atom is -0.452 e. The molecule has 0 spiro atoms. The maximum absolute atomic E-state index is 12.1. The SMILES string of the molecule is Cc1ccsc1/C=C/C(=O)OCC(=O)N[C@H]1CCCc2ccccc21. The molecule has 1 N–H and O–H groups in total. The van der Waals surface area contributed by atoms with Gasteiger partial charge in [-0.05, 0) is 60.4 Å². The first-order chi connectivity index (χ1) is 12.1. The Morgan fingerprint density at radius 3 is 2.96 bits per heavy atom. The fraction of sp³-hybridized carbons (Fsp3) is 0.300. The molecule has 2 aromatic rings. The van der Waals surface area contributed by atoms with Crippen LogP contribution >= 0.6 is 11.3 Å². The van der Waals surface area contributed by atoms with Crippen LogP contribution in [0.5, 0.6) is 0 Å². The van der Waals surface area contributed by atoms with Crippen LogP contribution in [0.25, 0.3) is 6.08 Å². The van der Waals surface area contributed by atoms with Gasteiger partial charge in [-0.3, -0.25) is 4.79 Å². The summed E-state index contributed by atoms with van der Waals surface area (Å²) in [5.41, 5.74) is 3.56. The number of ether oxygens (including phenoxy) is 1. The van der Waals surface area contributed by atoms with Crippen molar-refractivity contribution in [3.63, 3.8) is 0 Å². The highest BCUT2D eigenvalue weighted by Gasteiger charge is 2.21. The minimum absolute atomic E-state index is 0.000428. The minimum atomic E-state index is -0.507. The molecule has 0 aliphatic heterocycles. The summed E-state index contributed by atoms with van der Waals surface area (Å²) in [6.07, 6.45) is 6.09. The van der Waals surface area contributed by atoms with E-state index in [0.717, 1.165) is 29.7 Å². The van der Waals surface area contributed by atoms with Gasteiger partial charge in [-0.25, -0.2) is 4.79 Å². The van der Waals surface area contributed by atoms with E-state index in [2.05, 4.69) is 17.4 Å². The molecule has 130 valence electrons. The summed E-state index contributed by atoms with van der Waals surface area (Å²) >= 11 is 1.56. The van der Waals surface area contributed by atoms with E-state index in [9.17, 15) is 9.59 Å². The maximum atomic E-state index is 12.1. The third kappa shape index (κ3) is 4.57. The zero-order chi connectivity index (χ0) is 17.6. The predicted molar refractivity (Wildman–Crippen MR) is 99.3 cm³/mol. The molecular formula is C20H21NO3S. The predicted octanol–water partition coefficient (Wildman–Crippen LogP) is 3.81. The molecule has 3 rings (SSSR count). The van der Waals surface area contributed by atoms with Crippen LogP contribution in [0.4, 0.5) is 0 Å². The molecule has 1 aromatic heterocycles. The quantitative estimate of drug-likeness (QED) is 0.655. The molecule has 1 aromatic carbocycles. The number of hydrogen-bond donors (Lipinski definition) is 1. The number of aryl methyl sites for hydroxylation is 2. The van der Waals surface area contributed by atoms with E-state index in [-0.39, 0.29) is 18.6 Å². The zero-order valence-electron chi connectivity index (χ0n) is 14.2. The molecule has 4 nitrogen and oxygen atoms in total. The third-order valence-electron chi connectivity index (χ3n) is 4.32. The fourth-order valence-corrected chi connectivity index (χ4v) is 3.84. The Kier molecular flexibility index (Phi) is 5.66. The summed E-state index contributed by atoms with van der Waals surface area (Å²) in [4.78, 5) is 24.9. The standard InChI is InChI=1S/C20H21NO3S/c1-14-11-12-25-18(14)9-10-20(23)24-13-19(22)21-17-8-4-6-15-5-2-3-7-16(15)17/h2-3,5,7,9-12,17H,4,6,8,13H2,1H3,(H,21,22)/b10-9+/t17-/m0/s1. The largest absolute Gasteiger partial charge is 0.452 e. The summed E-state index contributed by atoms with van der Waals surface area (Å²) in [5, 5.41) is 4.94. The van der Waals surface area contributed by atoms with Crippen LogP contribution < -0.4 is 5.32 Å². The van der Waals surface area contributed by atoms with Gasteiger partial charge < -0.3 is 10.1 Å². The number of rotatable bonds is 5. The van der Waals surface area contributed by atoms with Crippen molar-refractivity contribution in [1.82, 2.24) is 5.32 Å². The van der Waals surface area contributed by atoms with Crippen molar-refractivity contribution in [3.05, 3.63) is 63.4 Å². The number of thiophene rings is 1. The molecule has 0 bridgehead atoms. The molecule has 0 saturated carbocycles. The lowest BCUT2D eigenvalue weighted by Gasteiger charge is -2.26. The lowest BCUT2D eigenvalue weighted by atomic mass is 9.88. The molecule has 0 saturated heterocycles. The molecule has 1 atom stereocenters. The van der Waals surface area contributed by atoms with E-state index >= 15 is 0 Å². The number of benzene rings is 1. The number of nitrogens with one attached hydrogen (secondary N) is 1. The summed E-state index contributed by atoms with van der Waals surface area (Å²) in [7, 11) is 0. The Labute approximate surface area is 151 Å². The van der Waals surface area contributed by atoms with E-state index in [1.165, 1.54) is 17.2 Å². The second kappa shape index (κ2) is 8.12. The average molecular weight is 355 g/mol. The number of carbonyl (C=O) groups is 2. The second-order valence-electron chi connectivity index (χ2n) is 6.12. The van der Waals surface area contributed by atoms with Gasteiger partial charge in [0.25, 0.3) is 5.91 Å². The van der Waals surface area contributed by atoms with Gasteiger partial charge in [-0.1, -0.05) is 24.3 Å². The van der Waals surface area contributed by atoms with Gasteiger partial charge in [-0.2, -0.15) is 0 Å². The van der Waals surface area contributed by atoms with Gasteiger partial charge in [0.2, 0.25) is 0 Å². The molecular weight excluding hydrogens is 334 g/mol. The van der Waals surface area contributed by atoms with Crippen LogP contribution in [0.1, 0.15) is 40.5 Å². The van der Waals surface area contributed by atoms with Gasteiger partial charge in [-0.15, -0.1) is 11.3 Å². The third-order valence-corrected chi connectivity index (χ3v) is 5.31.